The molecule has 0 aromatic heterocycles. The minimum absolute atomic E-state index is 0.00154. The van der Waals surface area contributed by atoms with Crippen molar-refractivity contribution in [2.75, 3.05) is 7.11 Å². The number of rotatable bonds is 5. The maximum absolute atomic E-state index is 12.8. The summed E-state index contributed by atoms with van der Waals surface area (Å²) in [5, 5.41) is 0. The molecule has 3 heteroatoms. The molecule has 114 valence electrons. The van der Waals surface area contributed by atoms with Crippen molar-refractivity contribution >= 4 is 11.8 Å². The molecule has 2 aromatic rings. The highest BCUT2D eigenvalue weighted by Gasteiger charge is 2.16. The van der Waals surface area contributed by atoms with Crippen LogP contribution in [0.3, 0.4) is 0 Å². The maximum atomic E-state index is 12.8. The minimum Gasteiger partial charge on any atom is -0.469 e. The van der Waals surface area contributed by atoms with Crippen molar-refractivity contribution in [2.45, 2.75) is 26.7 Å². The van der Waals surface area contributed by atoms with E-state index < -0.39 is 0 Å². The summed E-state index contributed by atoms with van der Waals surface area (Å²) in [5.74, 6) is -0.308. The van der Waals surface area contributed by atoms with Gasteiger partial charge in [-0.05, 0) is 36.1 Å². The zero-order valence-corrected chi connectivity index (χ0v) is 13.2. The van der Waals surface area contributed by atoms with Crippen LogP contribution in [0.4, 0.5) is 0 Å². The molecule has 0 saturated carbocycles. The molecule has 22 heavy (non-hydrogen) atoms. The summed E-state index contributed by atoms with van der Waals surface area (Å²) >= 11 is 0. The van der Waals surface area contributed by atoms with Crippen molar-refractivity contribution in [3.05, 3.63) is 70.3 Å². The molecule has 0 saturated heterocycles. The lowest BCUT2D eigenvalue weighted by molar-refractivity contribution is -0.139. The van der Waals surface area contributed by atoms with Crippen LogP contribution in [0, 0.1) is 6.92 Å². The fraction of sp³-hybridized carbons (Fsp3) is 0.263. The Labute approximate surface area is 130 Å². The van der Waals surface area contributed by atoms with Crippen molar-refractivity contribution in [3.63, 3.8) is 0 Å². The summed E-state index contributed by atoms with van der Waals surface area (Å²) in [4.78, 5) is 24.2. The molecule has 0 fully saturated rings. The van der Waals surface area contributed by atoms with Gasteiger partial charge in [-0.25, -0.2) is 0 Å². The quantitative estimate of drug-likeness (QED) is 0.626. The molecule has 2 rings (SSSR count). The third-order valence-corrected chi connectivity index (χ3v) is 3.77. The van der Waals surface area contributed by atoms with E-state index >= 15 is 0 Å². The number of ether oxygens (including phenoxy) is 1. The van der Waals surface area contributed by atoms with E-state index in [0.29, 0.717) is 5.56 Å². The first-order valence-corrected chi connectivity index (χ1v) is 7.35. The molecule has 0 aliphatic carbocycles. The Balaban J connectivity index is 2.40. The number of esters is 1. The monoisotopic (exact) mass is 296 g/mol. The van der Waals surface area contributed by atoms with E-state index in [9.17, 15) is 9.59 Å². The molecule has 0 heterocycles. The third-order valence-electron chi connectivity index (χ3n) is 3.77. The van der Waals surface area contributed by atoms with Crippen LogP contribution in [0.15, 0.2) is 42.5 Å². The summed E-state index contributed by atoms with van der Waals surface area (Å²) in [6.07, 6.45) is 0.981. The lowest BCUT2D eigenvalue weighted by atomic mass is 9.93. The van der Waals surface area contributed by atoms with Gasteiger partial charge in [0.15, 0.2) is 5.78 Å². The first-order valence-electron chi connectivity index (χ1n) is 7.35. The van der Waals surface area contributed by atoms with E-state index in [-0.39, 0.29) is 18.2 Å². The standard InChI is InChI=1S/C19H20O3/c1-4-15-7-5-6-8-16(15)19(21)17-11-14(10-9-13(17)2)12-18(20)22-3/h5-11H,4,12H2,1-3H3. The van der Waals surface area contributed by atoms with Gasteiger partial charge in [-0.3, -0.25) is 9.59 Å². The Kier molecular flexibility index (Phi) is 5.10. The van der Waals surface area contributed by atoms with Gasteiger partial charge in [-0.15, -0.1) is 0 Å². The van der Waals surface area contributed by atoms with Gasteiger partial charge in [-0.2, -0.15) is 0 Å². The van der Waals surface area contributed by atoms with Crippen molar-refractivity contribution in [2.24, 2.45) is 0 Å². The number of methoxy groups -OCH3 is 1. The van der Waals surface area contributed by atoms with E-state index in [1.54, 1.807) is 6.07 Å². The van der Waals surface area contributed by atoms with Crippen LogP contribution in [0.25, 0.3) is 0 Å². The molecule has 3 nitrogen and oxygen atoms in total. The van der Waals surface area contributed by atoms with Gasteiger partial charge >= 0.3 is 5.97 Å². The fourth-order valence-corrected chi connectivity index (χ4v) is 2.46. The lowest BCUT2D eigenvalue weighted by Gasteiger charge is -2.10. The summed E-state index contributed by atoms with van der Waals surface area (Å²) < 4.78 is 4.68. The second-order valence-electron chi connectivity index (χ2n) is 5.24. The lowest BCUT2D eigenvalue weighted by Crippen LogP contribution is -2.09. The van der Waals surface area contributed by atoms with Crippen LogP contribution < -0.4 is 0 Å². The van der Waals surface area contributed by atoms with Gasteiger partial charge in [0.25, 0.3) is 0 Å². The average molecular weight is 296 g/mol. The number of benzene rings is 2. The molecule has 0 unspecified atom stereocenters. The number of ketones is 1. The predicted octanol–water partition coefficient (Wildman–Crippen LogP) is 3.50. The molecule has 0 radical (unpaired) electrons. The third kappa shape index (κ3) is 3.42. The van der Waals surface area contributed by atoms with Gasteiger partial charge in [-0.1, -0.05) is 43.3 Å². The Morgan fingerprint density at radius 3 is 2.45 bits per heavy atom. The number of carbonyl (C=O) groups is 2. The van der Waals surface area contributed by atoms with Gasteiger partial charge in [0, 0.05) is 11.1 Å². The zero-order valence-electron chi connectivity index (χ0n) is 13.2. The van der Waals surface area contributed by atoms with E-state index in [1.807, 2.05) is 50.2 Å². The topological polar surface area (TPSA) is 43.4 Å². The van der Waals surface area contributed by atoms with E-state index in [4.69, 9.17) is 0 Å². The van der Waals surface area contributed by atoms with Crippen molar-refractivity contribution in [3.8, 4) is 0 Å². The van der Waals surface area contributed by atoms with Crippen LogP contribution in [0.1, 0.15) is 39.5 Å². The molecule has 2 aromatic carbocycles. The first-order chi connectivity index (χ1) is 10.6. The SMILES string of the molecule is CCc1ccccc1C(=O)c1cc(CC(=O)OC)ccc1C. The number of aryl methyl sites for hydroxylation is 2. The Hall–Kier alpha value is -2.42. The van der Waals surface area contributed by atoms with Crippen LogP contribution in [0.5, 0.6) is 0 Å². The number of hydrogen-bond acceptors (Lipinski definition) is 3. The second-order valence-corrected chi connectivity index (χ2v) is 5.24. The normalized spacial score (nSPS) is 10.3. The van der Waals surface area contributed by atoms with Crippen LogP contribution in [-0.2, 0) is 22.4 Å². The predicted molar refractivity (Wildman–Crippen MR) is 86.2 cm³/mol. The fourth-order valence-electron chi connectivity index (χ4n) is 2.46. The van der Waals surface area contributed by atoms with Crippen molar-refractivity contribution in [1.29, 1.82) is 0 Å². The van der Waals surface area contributed by atoms with Crippen molar-refractivity contribution in [1.82, 2.24) is 0 Å². The number of hydrogen-bond donors (Lipinski definition) is 0. The second kappa shape index (κ2) is 7.03. The Bertz CT molecular complexity index is 702. The highest BCUT2D eigenvalue weighted by molar-refractivity contribution is 6.11. The maximum Gasteiger partial charge on any atom is 0.309 e. The van der Waals surface area contributed by atoms with Crippen molar-refractivity contribution < 1.29 is 14.3 Å². The summed E-state index contributed by atoms with van der Waals surface area (Å²) in [7, 11) is 1.36. The van der Waals surface area contributed by atoms with Crippen LogP contribution >= 0.6 is 0 Å². The van der Waals surface area contributed by atoms with Gasteiger partial charge < -0.3 is 4.74 Å². The molecular weight excluding hydrogens is 276 g/mol. The average Bonchev–Trinajstić information content (AvgIpc) is 2.55. The zero-order chi connectivity index (χ0) is 16.1. The van der Waals surface area contributed by atoms with Crippen LogP contribution in [-0.4, -0.2) is 18.9 Å². The van der Waals surface area contributed by atoms with Crippen LogP contribution in [0.2, 0.25) is 0 Å². The Morgan fingerprint density at radius 1 is 1.05 bits per heavy atom. The highest BCUT2D eigenvalue weighted by Crippen LogP contribution is 2.19. The first kappa shape index (κ1) is 16.0. The summed E-state index contributed by atoms with van der Waals surface area (Å²) in [5.41, 5.74) is 4.09. The summed E-state index contributed by atoms with van der Waals surface area (Å²) in [6.45, 7) is 3.94. The molecule has 0 amide bonds. The van der Waals surface area contributed by atoms with E-state index in [0.717, 1.165) is 28.7 Å². The van der Waals surface area contributed by atoms with Gasteiger partial charge in [0.2, 0.25) is 0 Å². The molecular formula is C19H20O3. The largest absolute Gasteiger partial charge is 0.469 e. The number of carbonyl (C=O) groups excluding carboxylic acids is 2. The van der Waals surface area contributed by atoms with Gasteiger partial charge in [0.05, 0.1) is 13.5 Å². The minimum atomic E-state index is -0.309. The highest BCUT2D eigenvalue weighted by atomic mass is 16.5. The molecule has 0 atom stereocenters. The molecule has 0 aliphatic heterocycles. The molecule has 0 spiro atoms. The van der Waals surface area contributed by atoms with Gasteiger partial charge in [0.1, 0.15) is 0 Å². The van der Waals surface area contributed by atoms with E-state index in [2.05, 4.69) is 4.74 Å². The molecule has 0 aliphatic rings. The summed E-state index contributed by atoms with van der Waals surface area (Å²) in [6, 6.07) is 13.2. The van der Waals surface area contributed by atoms with E-state index in [1.165, 1.54) is 7.11 Å². The Morgan fingerprint density at radius 2 is 1.77 bits per heavy atom. The molecule has 0 bridgehead atoms. The smallest absolute Gasteiger partial charge is 0.309 e. The molecule has 0 N–H and O–H groups in total.